The molecule has 2 aromatic rings. The molecule has 0 saturated carbocycles. The Balaban J connectivity index is 1.38. The van der Waals surface area contributed by atoms with Gasteiger partial charge in [0.05, 0.1) is 25.1 Å². The first kappa shape index (κ1) is 25.7. The quantitative estimate of drug-likeness (QED) is 0.237. The first-order valence-electron chi connectivity index (χ1n) is 11.5. The monoisotopic (exact) mass is 491 g/mol. The van der Waals surface area contributed by atoms with Gasteiger partial charge in [0.25, 0.3) is 0 Å². The van der Waals surface area contributed by atoms with Crippen molar-refractivity contribution in [1.82, 2.24) is 9.29 Å². The van der Waals surface area contributed by atoms with Crippen molar-refractivity contribution in [1.29, 1.82) is 0 Å². The third kappa shape index (κ3) is 7.31. The van der Waals surface area contributed by atoms with E-state index in [2.05, 4.69) is 15.5 Å². The fraction of sp³-hybridized carbons (Fsp3) is 0.478. The number of aromatic nitrogens is 1. The molecule has 34 heavy (non-hydrogen) atoms. The number of ether oxygens (including phenoxy) is 1. The molecule has 3 rings (SSSR count). The topological polar surface area (TPSA) is 117 Å². The lowest BCUT2D eigenvalue weighted by molar-refractivity contribution is 0.160. The van der Waals surface area contributed by atoms with Crippen molar-refractivity contribution < 1.29 is 23.1 Å². The molecule has 10 nitrogen and oxygen atoms in total. The number of anilines is 2. The summed E-state index contributed by atoms with van der Waals surface area (Å²) in [5.41, 5.74) is 1.51. The van der Waals surface area contributed by atoms with Gasteiger partial charge in [-0.2, -0.15) is 12.7 Å². The van der Waals surface area contributed by atoms with E-state index in [0.29, 0.717) is 50.9 Å². The van der Waals surface area contributed by atoms with Crippen molar-refractivity contribution in [3.05, 3.63) is 48.2 Å². The maximum Gasteiger partial charge on any atom is 0.304 e. The molecule has 0 radical (unpaired) electrons. The predicted molar refractivity (Wildman–Crippen MR) is 133 cm³/mol. The lowest BCUT2D eigenvalue weighted by Gasteiger charge is -2.20. The number of unbranched alkanes of at least 4 members (excludes halogenated alkanes) is 2. The number of pyridine rings is 1. The molecule has 1 saturated heterocycles. The van der Waals surface area contributed by atoms with Crippen LogP contribution in [0.3, 0.4) is 0 Å². The van der Waals surface area contributed by atoms with Gasteiger partial charge in [-0.1, -0.05) is 5.16 Å². The van der Waals surface area contributed by atoms with Crippen LogP contribution >= 0.6 is 0 Å². The van der Waals surface area contributed by atoms with Crippen LogP contribution in [0.4, 0.5) is 11.5 Å². The second-order valence-corrected chi connectivity index (χ2v) is 9.51. The van der Waals surface area contributed by atoms with E-state index in [-0.39, 0.29) is 6.61 Å². The normalized spacial score (nSPS) is 15.6. The largest absolute Gasteiger partial charge is 0.494 e. The Morgan fingerprint density at radius 2 is 2.00 bits per heavy atom. The summed E-state index contributed by atoms with van der Waals surface area (Å²) < 4.78 is 34.6. The van der Waals surface area contributed by atoms with E-state index < -0.39 is 10.2 Å². The van der Waals surface area contributed by atoms with Gasteiger partial charge in [-0.05, 0) is 62.1 Å². The van der Waals surface area contributed by atoms with Gasteiger partial charge in [0.1, 0.15) is 18.2 Å². The van der Waals surface area contributed by atoms with Crippen LogP contribution in [0.5, 0.6) is 5.75 Å². The molecule has 0 unspecified atom stereocenters. The van der Waals surface area contributed by atoms with Gasteiger partial charge in [-0.25, -0.2) is 4.98 Å². The average molecular weight is 492 g/mol. The number of benzene rings is 1. The Morgan fingerprint density at radius 3 is 2.76 bits per heavy atom. The summed E-state index contributed by atoms with van der Waals surface area (Å²) in [5, 5.41) is 15.7. The number of nitrogens with one attached hydrogen (secondary N) is 1. The summed E-state index contributed by atoms with van der Waals surface area (Å²) in [6.07, 6.45) is 5.70. The minimum Gasteiger partial charge on any atom is -0.494 e. The van der Waals surface area contributed by atoms with Crippen LogP contribution in [0.15, 0.2) is 47.8 Å². The summed E-state index contributed by atoms with van der Waals surface area (Å²) in [6.45, 7) is 4.66. The molecule has 2 heterocycles. The SMILES string of the molecule is CCO/N=C/c1ccc(OCCCCCN2CCN(c3ccnc(NCCO)c3)S2(=O)=O)cc1. The Bertz CT molecular complexity index is 1020. The lowest BCUT2D eigenvalue weighted by Crippen LogP contribution is -2.33. The van der Waals surface area contributed by atoms with Gasteiger partial charge in [-0.15, -0.1) is 0 Å². The molecule has 0 amide bonds. The zero-order valence-corrected chi connectivity index (χ0v) is 20.3. The minimum absolute atomic E-state index is 0.0245. The summed E-state index contributed by atoms with van der Waals surface area (Å²) in [6, 6.07) is 11.0. The highest BCUT2D eigenvalue weighted by Gasteiger charge is 2.36. The van der Waals surface area contributed by atoms with Crippen LogP contribution in [0.2, 0.25) is 0 Å². The van der Waals surface area contributed by atoms with E-state index in [0.717, 1.165) is 30.6 Å². The summed E-state index contributed by atoms with van der Waals surface area (Å²) >= 11 is 0. The van der Waals surface area contributed by atoms with Crippen molar-refractivity contribution in [3.8, 4) is 5.75 Å². The molecular weight excluding hydrogens is 458 g/mol. The number of rotatable bonds is 14. The molecular formula is C23H33N5O5S. The van der Waals surface area contributed by atoms with Crippen LogP contribution in [-0.4, -0.2) is 75.0 Å². The summed E-state index contributed by atoms with van der Waals surface area (Å²) in [7, 11) is -3.56. The van der Waals surface area contributed by atoms with Crippen molar-refractivity contribution in [2.45, 2.75) is 26.2 Å². The van der Waals surface area contributed by atoms with Crippen LogP contribution in [0, 0.1) is 0 Å². The smallest absolute Gasteiger partial charge is 0.304 e. The average Bonchev–Trinajstić information content (AvgIpc) is 3.14. The number of hydrogen-bond donors (Lipinski definition) is 2. The van der Waals surface area contributed by atoms with E-state index in [1.54, 1.807) is 24.5 Å². The van der Waals surface area contributed by atoms with Gasteiger partial charge in [-0.3, -0.25) is 4.31 Å². The Morgan fingerprint density at radius 1 is 1.18 bits per heavy atom. The fourth-order valence-electron chi connectivity index (χ4n) is 3.50. The lowest BCUT2D eigenvalue weighted by atomic mass is 10.2. The molecule has 186 valence electrons. The molecule has 0 atom stereocenters. The summed E-state index contributed by atoms with van der Waals surface area (Å²) in [4.78, 5) is 9.10. The summed E-state index contributed by atoms with van der Waals surface area (Å²) in [5.74, 6) is 1.32. The van der Waals surface area contributed by atoms with Crippen LogP contribution in [-0.2, 0) is 15.0 Å². The molecule has 1 aliphatic heterocycles. The molecule has 1 aromatic heterocycles. The Hall–Kier alpha value is -2.89. The second-order valence-electron chi connectivity index (χ2n) is 7.66. The molecule has 11 heteroatoms. The maximum absolute atomic E-state index is 13.0. The standard InChI is InChI=1S/C23H33N5O5S/c1-2-33-26-19-20-6-8-22(9-7-20)32-17-5-3-4-13-27-14-15-28(34(27,30)31)21-10-11-24-23(18-21)25-12-16-29/h6-11,18-19,29H,2-5,12-17H2,1H3,(H,24,25)/b26-19+. The predicted octanol–water partition coefficient (Wildman–Crippen LogP) is 2.47. The molecule has 2 N–H and O–H groups in total. The zero-order chi connectivity index (χ0) is 24.2. The molecule has 0 spiro atoms. The van der Waals surface area contributed by atoms with Gasteiger partial charge in [0, 0.05) is 38.4 Å². The van der Waals surface area contributed by atoms with Crippen LogP contribution < -0.4 is 14.4 Å². The molecule has 0 bridgehead atoms. The first-order valence-corrected chi connectivity index (χ1v) is 12.9. The van der Waals surface area contributed by atoms with Crippen LogP contribution in [0.25, 0.3) is 0 Å². The van der Waals surface area contributed by atoms with Crippen molar-refractivity contribution in [3.63, 3.8) is 0 Å². The molecule has 0 aliphatic carbocycles. The molecule has 1 aliphatic rings. The highest BCUT2D eigenvalue weighted by molar-refractivity contribution is 7.90. The minimum atomic E-state index is -3.56. The van der Waals surface area contributed by atoms with Crippen LogP contribution in [0.1, 0.15) is 31.7 Å². The van der Waals surface area contributed by atoms with Gasteiger partial charge >= 0.3 is 10.2 Å². The fourth-order valence-corrected chi connectivity index (χ4v) is 5.14. The number of aliphatic hydroxyl groups is 1. The second kappa shape index (κ2) is 13.1. The highest BCUT2D eigenvalue weighted by atomic mass is 32.2. The Kier molecular flexibility index (Phi) is 9.92. The third-order valence-electron chi connectivity index (χ3n) is 5.21. The first-order chi connectivity index (χ1) is 16.5. The Labute approximate surface area is 201 Å². The zero-order valence-electron chi connectivity index (χ0n) is 19.5. The maximum atomic E-state index is 13.0. The van der Waals surface area contributed by atoms with Gasteiger partial charge in [0.2, 0.25) is 0 Å². The highest BCUT2D eigenvalue weighted by Crippen LogP contribution is 2.26. The van der Waals surface area contributed by atoms with E-state index in [9.17, 15) is 8.42 Å². The van der Waals surface area contributed by atoms with Crippen molar-refractivity contribution in [2.75, 3.05) is 55.6 Å². The number of hydrogen-bond acceptors (Lipinski definition) is 8. The van der Waals surface area contributed by atoms with Gasteiger partial charge < -0.3 is 20.0 Å². The number of nitrogens with zero attached hydrogens (tertiary/aromatic N) is 4. The number of oxime groups is 1. The molecule has 1 fully saturated rings. The number of aliphatic hydroxyl groups excluding tert-OH is 1. The van der Waals surface area contributed by atoms with E-state index in [1.807, 2.05) is 31.2 Å². The van der Waals surface area contributed by atoms with Gasteiger partial charge in [0.15, 0.2) is 0 Å². The van der Waals surface area contributed by atoms with Crippen molar-refractivity contribution >= 4 is 27.9 Å². The third-order valence-corrected chi connectivity index (χ3v) is 7.18. The van der Waals surface area contributed by atoms with Crippen molar-refractivity contribution in [2.24, 2.45) is 5.16 Å². The van der Waals surface area contributed by atoms with E-state index in [4.69, 9.17) is 14.7 Å². The van der Waals surface area contributed by atoms with E-state index in [1.165, 1.54) is 8.61 Å². The molecule has 1 aromatic carbocycles. The van der Waals surface area contributed by atoms with E-state index >= 15 is 0 Å².